The van der Waals surface area contributed by atoms with Crippen molar-refractivity contribution >= 4 is 34.6 Å². The molecule has 9 heteroatoms. The molecule has 0 atom stereocenters. The van der Waals surface area contributed by atoms with E-state index in [0.29, 0.717) is 21.8 Å². The van der Waals surface area contributed by atoms with Gasteiger partial charge in [-0.1, -0.05) is 43.2 Å². The number of para-hydroxylation sites is 1. The number of amides is 3. The maximum atomic E-state index is 13.0. The molecule has 0 radical (unpaired) electrons. The van der Waals surface area contributed by atoms with Crippen molar-refractivity contribution in [2.75, 3.05) is 5.75 Å². The van der Waals surface area contributed by atoms with Gasteiger partial charge in [0.1, 0.15) is 5.76 Å². The quantitative estimate of drug-likeness (QED) is 0.450. The predicted octanol–water partition coefficient (Wildman–Crippen LogP) is 3.29. The Labute approximate surface area is 183 Å². The van der Waals surface area contributed by atoms with Gasteiger partial charge in [0, 0.05) is 6.04 Å². The summed E-state index contributed by atoms with van der Waals surface area (Å²) in [4.78, 5) is 42.0. The molecule has 1 aromatic carbocycles. The number of furan rings is 1. The summed E-state index contributed by atoms with van der Waals surface area (Å²) < 4.78 is 6.87. The molecule has 1 aliphatic rings. The van der Waals surface area contributed by atoms with Crippen LogP contribution in [-0.2, 0) is 11.3 Å². The van der Waals surface area contributed by atoms with Crippen molar-refractivity contribution in [3.05, 3.63) is 58.8 Å². The summed E-state index contributed by atoms with van der Waals surface area (Å²) in [5.41, 5.74) is 0.348. The molecule has 0 bridgehead atoms. The second-order valence-electron chi connectivity index (χ2n) is 7.53. The first-order valence-corrected chi connectivity index (χ1v) is 11.3. The van der Waals surface area contributed by atoms with Gasteiger partial charge in [-0.3, -0.25) is 19.5 Å². The van der Waals surface area contributed by atoms with Gasteiger partial charge in [-0.05, 0) is 37.1 Å². The zero-order valence-corrected chi connectivity index (χ0v) is 17.8. The fraction of sp³-hybridized carbons (Fsp3) is 0.364. The summed E-state index contributed by atoms with van der Waals surface area (Å²) in [6.45, 7) is 0.204. The van der Waals surface area contributed by atoms with Crippen LogP contribution >= 0.6 is 11.8 Å². The van der Waals surface area contributed by atoms with E-state index in [0.717, 1.165) is 37.4 Å². The van der Waals surface area contributed by atoms with Crippen LogP contribution in [0.4, 0.5) is 4.79 Å². The third kappa shape index (κ3) is 5.35. The number of carbonyl (C=O) groups is 2. The van der Waals surface area contributed by atoms with Gasteiger partial charge in [0.15, 0.2) is 5.16 Å². The van der Waals surface area contributed by atoms with E-state index in [1.54, 1.807) is 36.6 Å². The Morgan fingerprint density at radius 3 is 2.71 bits per heavy atom. The summed E-state index contributed by atoms with van der Waals surface area (Å²) >= 11 is 1.11. The molecule has 4 rings (SSSR count). The maximum Gasteiger partial charge on any atom is 0.321 e. The Morgan fingerprint density at radius 2 is 1.94 bits per heavy atom. The van der Waals surface area contributed by atoms with Crippen LogP contribution in [-0.4, -0.2) is 33.3 Å². The van der Waals surface area contributed by atoms with Crippen LogP contribution < -0.4 is 16.2 Å². The summed E-state index contributed by atoms with van der Waals surface area (Å²) in [7, 11) is 0. The summed E-state index contributed by atoms with van der Waals surface area (Å²) in [5, 5.41) is 6.12. The molecule has 3 amide bonds. The van der Waals surface area contributed by atoms with Gasteiger partial charge in [-0.2, -0.15) is 0 Å². The minimum absolute atomic E-state index is 0.0407. The van der Waals surface area contributed by atoms with Crippen LogP contribution in [0.5, 0.6) is 0 Å². The fourth-order valence-corrected chi connectivity index (χ4v) is 4.52. The van der Waals surface area contributed by atoms with Crippen LogP contribution in [0.25, 0.3) is 10.9 Å². The molecule has 1 aliphatic carbocycles. The Bertz CT molecular complexity index is 1120. The van der Waals surface area contributed by atoms with Gasteiger partial charge in [0.25, 0.3) is 5.56 Å². The number of aromatic nitrogens is 2. The lowest BCUT2D eigenvalue weighted by Crippen LogP contribution is -2.45. The monoisotopic (exact) mass is 440 g/mol. The van der Waals surface area contributed by atoms with Crippen LogP contribution in [0, 0.1) is 0 Å². The molecule has 1 fully saturated rings. The Hall–Kier alpha value is -3.07. The highest BCUT2D eigenvalue weighted by Gasteiger charge is 2.18. The largest absolute Gasteiger partial charge is 0.467 e. The van der Waals surface area contributed by atoms with Gasteiger partial charge >= 0.3 is 6.03 Å². The second-order valence-corrected chi connectivity index (χ2v) is 8.47. The van der Waals surface area contributed by atoms with Crippen molar-refractivity contribution in [1.82, 2.24) is 20.2 Å². The van der Waals surface area contributed by atoms with Gasteiger partial charge < -0.3 is 9.73 Å². The average molecular weight is 441 g/mol. The van der Waals surface area contributed by atoms with E-state index in [1.807, 2.05) is 6.07 Å². The number of rotatable bonds is 6. The molecule has 1 saturated carbocycles. The van der Waals surface area contributed by atoms with Crippen molar-refractivity contribution in [1.29, 1.82) is 0 Å². The molecule has 8 nitrogen and oxygen atoms in total. The van der Waals surface area contributed by atoms with Crippen molar-refractivity contribution in [2.45, 2.75) is 49.8 Å². The van der Waals surface area contributed by atoms with Crippen LogP contribution in [0.3, 0.4) is 0 Å². The molecule has 0 spiro atoms. The Morgan fingerprint density at radius 1 is 1.13 bits per heavy atom. The number of hydrogen-bond donors (Lipinski definition) is 2. The van der Waals surface area contributed by atoms with Gasteiger partial charge in [-0.15, -0.1) is 0 Å². The van der Waals surface area contributed by atoms with Crippen molar-refractivity contribution in [3.8, 4) is 0 Å². The smallest absolute Gasteiger partial charge is 0.321 e. The predicted molar refractivity (Wildman–Crippen MR) is 118 cm³/mol. The van der Waals surface area contributed by atoms with Crippen LogP contribution in [0.1, 0.15) is 37.9 Å². The number of urea groups is 1. The molecule has 2 N–H and O–H groups in total. The molecule has 0 unspecified atom stereocenters. The molecule has 3 aromatic rings. The number of benzene rings is 1. The van der Waals surface area contributed by atoms with E-state index in [-0.39, 0.29) is 23.9 Å². The third-order valence-electron chi connectivity index (χ3n) is 5.25. The van der Waals surface area contributed by atoms with E-state index in [2.05, 4.69) is 15.6 Å². The molecule has 31 heavy (non-hydrogen) atoms. The van der Waals surface area contributed by atoms with Gasteiger partial charge in [0.2, 0.25) is 5.91 Å². The second kappa shape index (κ2) is 9.82. The molecule has 2 aromatic heterocycles. The third-order valence-corrected chi connectivity index (χ3v) is 6.22. The minimum atomic E-state index is -0.475. The van der Waals surface area contributed by atoms with E-state index in [1.165, 1.54) is 11.0 Å². The zero-order chi connectivity index (χ0) is 21.6. The number of carbonyl (C=O) groups excluding carboxylic acids is 2. The molecule has 162 valence electrons. The fourth-order valence-electron chi connectivity index (χ4n) is 3.72. The van der Waals surface area contributed by atoms with E-state index >= 15 is 0 Å². The molecule has 0 aliphatic heterocycles. The molecular formula is C22H24N4O4S. The van der Waals surface area contributed by atoms with Crippen LogP contribution in [0.15, 0.2) is 57.0 Å². The molecular weight excluding hydrogens is 416 g/mol. The number of nitrogens with one attached hydrogen (secondary N) is 2. The Balaban J connectivity index is 1.46. The lowest BCUT2D eigenvalue weighted by atomic mass is 9.96. The number of hydrogen-bond acceptors (Lipinski definition) is 6. The first-order chi connectivity index (χ1) is 15.1. The number of thioether (sulfide) groups is 1. The number of nitrogens with zero attached hydrogens (tertiary/aromatic N) is 2. The van der Waals surface area contributed by atoms with Crippen LogP contribution in [0.2, 0.25) is 0 Å². The summed E-state index contributed by atoms with van der Waals surface area (Å²) in [6, 6.07) is 10.2. The van der Waals surface area contributed by atoms with E-state index in [4.69, 9.17) is 4.42 Å². The SMILES string of the molecule is O=C(CSc1nc2ccccc2c(=O)n1Cc1ccco1)NC(=O)NC1CCCCC1. The minimum Gasteiger partial charge on any atom is -0.467 e. The average Bonchev–Trinajstić information content (AvgIpc) is 3.28. The first-order valence-electron chi connectivity index (χ1n) is 10.4. The lowest BCUT2D eigenvalue weighted by Gasteiger charge is -2.22. The molecule has 0 saturated heterocycles. The van der Waals surface area contributed by atoms with Crippen molar-refractivity contribution in [2.24, 2.45) is 0 Å². The highest BCUT2D eigenvalue weighted by atomic mass is 32.2. The number of imide groups is 1. The molecule has 2 heterocycles. The van der Waals surface area contributed by atoms with E-state index < -0.39 is 11.9 Å². The van der Waals surface area contributed by atoms with E-state index in [9.17, 15) is 14.4 Å². The lowest BCUT2D eigenvalue weighted by molar-refractivity contribution is -0.117. The van der Waals surface area contributed by atoms with Crippen molar-refractivity contribution in [3.63, 3.8) is 0 Å². The maximum absolute atomic E-state index is 13.0. The highest BCUT2D eigenvalue weighted by Crippen LogP contribution is 2.19. The van der Waals surface area contributed by atoms with Gasteiger partial charge in [0.05, 0.1) is 29.5 Å². The highest BCUT2D eigenvalue weighted by molar-refractivity contribution is 7.99. The van der Waals surface area contributed by atoms with Crippen molar-refractivity contribution < 1.29 is 14.0 Å². The van der Waals surface area contributed by atoms with Gasteiger partial charge in [-0.25, -0.2) is 9.78 Å². The zero-order valence-electron chi connectivity index (χ0n) is 17.0. The Kier molecular flexibility index (Phi) is 6.71. The normalized spacial score (nSPS) is 14.5. The first kappa shape index (κ1) is 21.2. The summed E-state index contributed by atoms with van der Waals surface area (Å²) in [6.07, 6.45) is 6.80. The standard InChI is InChI=1S/C22H24N4O4S/c27-19(25-21(29)23-15-7-2-1-3-8-15)14-31-22-24-18-11-5-4-10-17(18)20(28)26(22)13-16-9-6-12-30-16/h4-6,9-12,15H,1-3,7-8,13-14H2,(H2,23,25,27,29). The number of fused-ring (bicyclic) bond motifs is 1. The summed E-state index contributed by atoms with van der Waals surface area (Å²) in [5.74, 6) is 0.128. The topological polar surface area (TPSA) is 106 Å².